The summed E-state index contributed by atoms with van der Waals surface area (Å²) in [5.41, 5.74) is 17.1. The second-order valence-electron chi connectivity index (χ2n) is 13.5. The van der Waals surface area contributed by atoms with Gasteiger partial charge in [0, 0.05) is 5.92 Å². The summed E-state index contributed by atoms with van der Waals surface area (Å²) < 4.78 is 0. The van der Waals surface area contributed by atoms with E-state index in [4.69, 9.17) is 0 Å². The minimum absolute atomic E-state index is 0.428. The normalized spacial score (nSPS) is 14.9. The van der Waals surface area contributed by atoms with Crippen molar-refractivity contribution in [2.75, 3.05) is 0 Å². The van der Waals surface area contributed by atoms with E-state index >= 15 is 0 Å². The summed E-state index contributed by atoms with van der Waals surface area (Å²) in [6.07, 6.45) is 4.85. The summed E-state index contributed by atoms with van der Waals surface area (Å²) in [6.45, 7) is 15.4. The number of hydrogen-bond donors (Lipinski definition) is 0. The summed E-state index contributed by atoms with van der Waals surface area (Å²) in [6, 6.07) is 41.0. The molecule has 0 aliphatic heterocycles. The van der Waals surface area contributed by atoms with Crippen LogP contribution >= 0.6 is 0 Å². The van der Waals surface area contributed by atoms with Gasteiger partial charge in [0.05, 0.1) is 0 Å². The summed E-state index contributed by atoms with van der Waals surface area (Å²) in [5.74, 6) is 1.65. The molecule has 44 heavy (non-hydrogen) atoms. The lowest BCUT2D eigenvalue weighted by molar-refractivity contribution is 0.582. The molecule has 0 saturated heterocycles. The van der Waals surface area contributed by atoms with Gasteiger partial charge in [0.1, 0.15) is 0 Å². The van der Waals surface area contributed by atoms with Crippen LogP contribution in [0.3, 0.4) is 0 Å². The van der Waals surface area contributed by atoms with Crippen molar-refractivity contribution in [1.29, 1.82) is 0 Å². The predicted octanol–water partition coefficient (Wildman–Crippen LogP) is 11.8. The van der Waals surface area contributed by atoms with Crippen molar-refractivity contribution in [3.05, 3.63) is 176 Å². The zero-order valence-electron chi connectivity index (χ0n) is 28.0. The molecule has 226 valence electrons. The van der Waals surface area contributed by atoms with E-state index < -0.39 is 0 Å². The molecule has 0 radical (unpaired) electrons. The van der Waals surface area contributed by atoms with E-state index in [2.05, 4.69) is 158 Å². The fraction of sp³-hybridized carbons (Fsp3) is 0.318. The molecular weight excluding hydrogens is 528 g/mol. The van der Waals surface area contributed by atoms with E-state index in [1.165, 1.54) is 69.3 Å². The zero-order valence-corrected chi connectivity index (χ0v) is 28.0. The van der Waals surface area contributed by atoms with Crippen molar-refractivity contribution < 1.29 is 0 Å². The Labute approximate surface area is 267 Å². The lowest BCUT2D eigenvalue weighted by Gasteiger charge is -2.26. The van der Waals surface area contributed by atoms with Crippen LogP contribution in [0.4, 0.5) is 0 Å². The monoisotopic (exact) mass is 578 g/mol. The minimum atomic E-state index is 0.428. The molecule has 0 amide bonds. The van der Waals surface area contributed by atoms with Gasteiger partial charge in [-0.3, -0.25) is 0 Å². The van der Waals surface area contributed by atoms with Gasteiger partial charge in [-0.25, -0.2) is 0 Å². The Bertz CT molecular complexity index is 1610. The Kier molecular flexibility index (Phi) is 10.2. The van der Waals surface area contributed by atoms with Gasteiger partial charge >= 0.3 is 0 Å². The second kappa shape index (κ2) is 14.3. The summed E-state index contributed by atoms with van der Waals surface area (Å²) >= 11 is 0. The maximum absolute atomic E-state index is 2.38. The van der Waals surface area contributed by atoms with Crippen molar-refractivity contribution in [3.8, 4) is 0 Å². The molecule has 1 aliphatic carbocycles. The van der Waals surface area contributed by atoms with Gasteiger partial charge in [0.15, 0.2) is 0 Å². The fourth-order valence-electron chi connectivity index (χ4n) is 6.88. The Morgan fingerprint density at radius 3 is 1.55 bits per heavy atom. The molecular formula is C44H50. The third-order valence-corrected chi connectivity index (χ3v) is 9.65. The molecule has 6 rings (SSSR count). The maximum Gasteiger partial charge on any atom is 0.00950 e. The van der Waals surface area contributed by atoms with Crippen molar-refractivity contribution >= 4 is 0 Å². The van der Waals surface area contributed by atoms with Crippen LogP contribution in [-0.4, -0.2) is 0 Å². The number of rotatable bonds is 6. The smallest absolute Gasteiger partial charge is 0.00950 e. The molecule has 0 heteroatoms. The maximum atomic E-state index is 2.38. The van der Waals surface area contributed by atoms with Crippen molar-refractivity contribution in [2.45, 2.75) is 91.9 Å². The molecule has 0 spiro atoms. The first-order valence-electron chi connectivity index (χ1n) is 16.5. The molecule has 0 fully saturated rings. The Hall–Kier alpha value is -3.90. The van der Waals surface area contributed by atoms with Gasteiger partial charge in [0.25, 0.3) is 0 Å². The van der Waals surface area contributed by atoms with Gasteiger partial charge < -0.3 is 0 Å². The third-order valence-electron chi connectivity index (χ3n) is 9.65. The highest BCUT2D eigenvalue weighted by molar-refractivity contribution is 5.40. The van der Waals surface area contributed by atoms with Crippen LogP contribution in [0.15, 0.2) is 109 Å². The standard InChI is InChI=1S/C25H28.C19H22/c1-18-5-11-22(12-6-18)21(4)17-25(23-13-7-19(2)8-14-23)24-15-9-20(3)10-16-24;1-13-5-9-19(15(3)10-13)17-8-7-16-6-4-14(2)11-18(16)12-17/h5-16,21,25H,17H2,1-4H3;4-6,9-11,17H,7-8,12H2,1-3H3. The highest BCUT2D eigenvalue weighted by Gasteiger charge is 2.21. The van der Waals surface area contributed by atoms with Crippen molar-refractivity contribution in [3.63, 3.8) is 0 Å². The molecule has 0 N–H and O–H groups in total. The van der Waals surface area contributed by atoms with E-state index in [9.17, 15) is 0 Å². The fourth-order valence-corrected chi connectivity index (χ4v) is 6.88. The van der Waals surface area contributed by atoms with Gasteiger partial charge in [0.2, 0.25) is 0 Å². The van der Waals surface area contributed by atoms with E-state index in [-0.39, 0.29) is 0 Å². The van der Waals surface area contributed by atoms with Crippen LogP contribution in [0.1, 0.15) is 104 Å². The van der Waals surface area contributed by atoms with Crippen LogP contribution in [0.25, 0.3) is 0 Å². The van der Waals surface area contributed by atoms with E-state index in [1.54, 1.807) is 16.7 Å². The van der Waals surface area contributed by atoms with Gasteiger partial charge in [-0.2, -0.15) is 0 Å². The first-order valence-corrected chi connectivity index (χ1v) is 16.5. The van der Waals surface area contributed by atoms with Gasteiger partial charge in [-0.1, -0.05) is 144 Å². The lowest BCUT2D eigenvalue weighted by Crippen LogP contribution is -2.14. The van der Waals surface area contributed by atoms with Gasteiger partial charge in [-0.05, 0) is 118 Å². The van der Waals surface area contributed by atoms with E-state index in [1.807, 2.05) is 0 Å². The highest BCUT2D eigenvalue weighted by Crippen LogP contribution is 2.36. The molecule has 0 heterocycles. The lowest BCUT2D eigenvalue weighted by atomic mass is 9.78. The Morgan fingerprint density at radius 1 is 0.523 bits per heavy atom. The molecule has 1 aliphatic rings. The SMILES string of the molecule is Cc1ccc(C(C)CC(c2ccc(C)cc2)c2ccc(C)cc2)cc1.Cc1ccc(C2CCc3ccc(C)cc3C2)c(C)c1. The van der Waals surface area contributed by atoms with Gasteiger partial charge in [-0.15, -0.1) is 0 Å². The van der Waals surface area contributed by atoms with E-state index in [0.717, 1.165) is 6.42 Å². The molecule has 2 atom stereocenters. The average Bonchev–Trinajstić information content (AvgIpc) is 3.01. The Morgan fingerprint density at radius 2 is 1.00 bits per heavy atom. The molecule has 0 nitrogen and oxygen atoms in total. The topological polar surface area (TPSA) is 0 Å². The van der Waals surface area contributed by atoms with Crippen LogP contribution in [0.2, 0.25) is 0 Å². The van der Waals surface area contributed by atoms with Crippen LogP contribution < -0.4 is 0 Å². The molecule has 0 saturated carbocycles. The van der Waals surface area contributed by atoms with Crippen LogP contribution in [0, 0.1) is 41.5 Å². The Balaban J connectivity index is 0.000000181. The quantitative estimate of drug-likeness (QED) is 0.188. The average molecular weight is 579 g/mol. The number of aryl methyl sites for hydroxylation is 7. The molecule has 5 aromatic carbocycles. The molecule has 5 aromatic rings. The number of fused-ring (bicyclic) bond motifs is 1. The van der Waals surface area contributed by atoms with E-state index in [0.29, 0.717) is 17.8 Å². The summed E-state index contributed by atoms with van der Waals surface area (Å²) in [5, 5.41) is 0. The number of hydrogen-bond acceptors (Lipinski definition) is 0. The van der Waals surface area contributed by atoms with Crippen molar-refractivity contribution in [2.24, 2.45) is 0 Å². The second-order valence-corrected chi connectivity index (χ2v) is 13.5. The molecule has 2 unspecified atom stereocenters. The first kappa shape index (κ1) is 31.5. The first-order chi connectivity index (χ1) is 21.2. The van der Waals surface area contributed by atoms with Crippen molar-refractivity contribution in [1.82, 2.24) is 0 Å². The summed E-state index contributed by atoms with van der Waals surface area (Å²) in [7, 11) is 0. The minimum Gasteiger partial charge on any atom is -0.0590 e. The molecule has 0 bridgehead atoms. The largest absolute Gasteiger partial charge is 0.0590 e. The van der Waals surface area contributed by atoms with Crippen LogP contribution in [-0.2, 0) is 12.8 Å². The van der Waals surface area contributed by atoms with Crippen LogP contribution in [0.5, 0.6) is 0 Å². The number of benzene rings is 5. The third kappa shape index (κ3) is 7.97. The predicted molar refractivity (Wildman–Crippen MR) is 190 cm³/mol. The summed E-state index contributed by atoms with van der Waals surface area (Å²) in [4.78, 5) is 0. The highest BCUT2D eigenvalue weighted by atomic mass is 14.3. The zero-order chi connectivity index (χ0) is 31.2. The molecule has 0 aromatic heterocycles.